The van der Waals surface area contributed by atoms with Gasteiger partial charge in [0.15, 0.2) is 0 Å². The summed E-state index contributed by atoms with van der Waals surface area (Å²) in [7, 11) is 0. The zero-order valence-electron chi connectivity index (χ0n) is 10.2. The van der Waals surface area contributed by atoms with Crippen molar-refractivity contribution in [1.29, 1.82) is 0 Å². The quantitative estimate of drug-likeness (QED) is 0.792. The van der Waals surface area contributed by atoms with Crippen molar-refractivity contribution in [2.45, 2.75) is 17.3 Å². The molecule has 106 valence electrons. The van der Waals surface area contributed by atoms with Gasteiger partial charge in [-0.05, 0) is 30.3 Å². The zero-order valence-corrected chi connectivity index (χ0v) is 11.8. The number of phenolic OH excluding ortho intramolecular Hbond substituents is 1. The first kappa shape index (κ1) is 14.9. The first-order valence-corrected chi connectivity index (χ1v) is 7.06. The second-order valence-corrected chi connectivity index (χ2v) is 5.34. The van der Waals surface area contributed by atoms with Gasteiger partial charge in [0.2, 0.25) is 0 Å². The molecule has 0 aliphatic heterocycles. The third kappa shape index (κ3) is 4.02. The number of alkyl halides is 2. The molecule has 1 N–H and O–H groups in total. The zero-order chi connectivity index (χ0) is 14.5. The molecule has 0 aromatic heterocycles. The molecule has 0 spiro atoms. The molecular formula is C14H11ClF2O2S. The Morgan fingerprint density at radius 1 is 1.20 bits per heavy atom. The summed E-state index contributed by atoms with van der Waals surface area (Å²) < 4.78 is 29.1. The first-order valence-electron chi connectivity index (χ1n) is 5.70. The van der Waals surface area contributed by atoms with Gasteiger partial charge in [-0.2, -0.15) is 8.78 Å². The number of benzene rings is 2. The van der Waals surface area contributed by atoms with Crippen LogP contribution in [0.4, 0.5) is 8.78 Å². The van der Waals surface area contributed by atoms with Crippen molar-refractivity contribution in [3.05, 3.63) is 53.1 Å². The van der Waals surface area contributed by atoms with Gasteiger partial charge in [-0.25, -0.2) is 0 Å². The highest BCUT2D eigenvalue weighted by molar-refractivity contribution is 7.98. The molecule has 0 aliphatic rings. The van der Waals surface area contributed by atoms with Gasteiger partial charge >= 0.3 is 6.61 Å². The van der Waals surface area contributed by atoms with Crippen molar-refractivity contribution in [2.75, 3.05) is 0 Å². The van der Waals surface area contributed by atoms with Crippen molar-refractivity contribution in [3.8, 4) is 11.5 Å². The number of halogens is 3. The van der Waals surface area contributed by atoms with Gasteiger partial charge in [-0.15, -0.1) is 11.8 Å². The average molecular weight is 317 g/mol. The van der Waals surface area contributed by atoms with Crippen LogP contribution in [0, 0.1) is 0 Å². The number of para-hydroxylation sites is 1. The smallest absolute Gasteiger partial charge is 0.387 e. The molecule has 2 rings (SSSR count). The van der Waals surface area contributed by atoms with Crippen LogP contribution in [-0.4, -0.2) is 11.7 Å². The summed E-state index contributed by atoms with van der Waals surface area (Å²) >= 11 is 7.18. The lowest BCUT2D eigenvalue weighted by atomic mass is 10.2. The van der Waals surface area contributed by atoms with Crippen LogP contribution in [0.2, 0.25) is 5.02 Å². The molecule has 0 saturated carbocycles. The number of hydrogen-bond acceptors (Lipinski definition) is 3. The maximum absolute atomic E-state index is 12.3. The van der Waals surface area contributed by atoms with Crippen LogP contribution in [0.25, 0.3) is 0 Å². The van der Waals surface area contributed by atoms with Gasteiger partial charge < -0.3 is 9.84 Å². The van der Waals surface area contributed by atoms with E-state index in [1.807, 2.05) is 0 Å². The molecule has 2 aromatic carbocycles. The summed E-state index contributed by atoms with van der Waals surface area (Å²) in [5.41, 5.74) is 0.547. The fraction of sp³-hybridized carbons (Fsp3) is 0.143. The molecule has 0 unspecified atom stereocenters. The SMILES string of the molecule is Oc1ccccc1SCc1cc(Cl)ccc1OC(F)F. The van der Waals surface area contributed by atoms with Crippen LogP contribution in [0.1, 0.15) is 5.56 Å². The van der Waals surface area contributed by atoms with Crippen molar-refractivity contribution in [3.63, 3.8) is 0 Å². The Morgan fingerprint density at radius 3 is 2.65 bits per heavy atom. The van der Waals surface area contributed by atoms with Crippen LogP contribution in [-0.2, 0) is 5.75 Å². The van der Waals surface area contributed by atoms with Crippen LogP contribution < -0.4 is 4.74 Å². The van der Waals surface area contributed by atoms with E-state index in [4.69, 9.17) is 11.6 Å². The highest BCUT2D eigenvalue weighted by Crippen LogP contribution is 2.34. The van der Waals surface area contributed by atoms with E-state index in [1.54, 1.807) is 30.3 Å². The molecule has 0 heterocycles. The third-order valence-electron chi connectivity index (χ3n) is 2.49. The van der Waals surface area contributed by atoms with E-state index in [9.17, 15) is 13.9 Å². The normalized spacial score (nSPS) is 10.8. The maximum Gasteiger partial charge on any atom is 0.387 e. The summed E-state index contributed by atoms with van der Waals surface area (Å²) in [4.78, 5) is 0.662. The molecule has 0 radical (unpaired) electrons. The standard InChI is InChI=1S/C14H11ClF2O2S/c15-10-5-6-12(19-14(16)17)9(7-10)8-20-13-4-2-1-3-11(13)18/h1-7,14,18H,8H2. The van der Waals surface area contributed by atoms with Crippen molar-refractivity contribution >= 4 is 23.4 Å². The molecule has 6 heteroatoms. The van der Waals surface area contributed by atoms with Gasteiger partial charge in [-0.1, -0.05) is 23.7 Å². The van der Waals surface area contributed by atoms with E-state index in [1.165, 1.54) is 23.9 Å². The number of aromatic hydroxyl groups is 1. The lowest BCUT2D eigenvalue weighted by Gasteiger charge is -2.11. The molecule has 0 amide bonds. The van der Waals surface area contributed by atoms with Crippen LogP contribution in [0.5, 0.6) is 11.5 Å². The Labute approximate surface area is 124 Å². The van der Waals surface area contributed by atoms with E-state index in [0.717, 1.165) is 0 Å². The number of rotatable bonds is 5. The predicted molar refractivity (Wildman–Crippen MR) is 75.8 cm³/mol. The van der Waals surface area contributed by atoms with Crippen LogP contribution in [0.3, 0.4) is 0 Å². The monoisotopic (exact) mass is 316 g/mol. The Balaban J connectivity index is 2.16. The second-order valence-electron chi connectivity index (χ2n) is 3.89. The number of phenols is 1. The largest absolute Gasteiger partial charge is 0.507 e. The van der Waals surface area contributed by atoms with Gasteiger partial charge in [-0.3, -0.25) is 0 Å². The molecule has 0 bridgehead atoms. The molecule has 2 nitrogen and oxygen atoms in total. The van der Waals surface area contributed by atoms with E-state index in [0.29, 0.717) is 21.2 Å². The lowest BCUT2D eigenvalue weighted by molar-refractivity contribution is -0.0503. The fourth-order valence-electron chi connectivity index (χ4n) is 1.61. The summed E-state index contributed by atoms with van der Waals surface area (Å²) in [6.45, 7) is -2.88. The minimum Gasteiger partial charge on any atom is -0.507 e. The Hall–Kier alpha value is -1.46. The first-order chi connectivity index (χ1) is 9.56. The predicted octanol–water partition coefficient (Wildman–Crippen LogP) is 4.94. The number of thioether (sulfide) groups is 1. The average Bonchev–Trinajstić information content (AvgIpc) is 2.40. The summed E-state index contributed by atoms with van der Waals surface area (Å²) in [5, 5.41) is 10.1. The highest BCUT2D eigenvalue weighted by atomic mass is 35.5. The molecular weight excluding hydrogens is 306 g/mol. The minimum atomic E-state index is -2.88. The van der Waals surface area contributed by atoms with E-state index < -0.39 is 6.61 Å². The van der Waals surface area contributed by atoms with Crippen molar-refractivity contribution in [2.24, 2.45) is 0 Å². The topological polar surface area (TPSA) is 29.5 Å². The number of ether oxygens (including phenoxy) is 1. The number of hydrogen-bond donors (Lipinski definition) is 1. The Bertz CT molecular complexity index is 593. The highest BCUT2D eigenvalue weighted by Gasteiger charge is 2.11. The Morgan fingerprint density at radius 2 is 1.95 bits per heavy atom. The minimum absolute atomic E-state index is 0.0901. The molecule has 2 aromatic rings. The van der Waals surface area contributed by atoms with E-state index in [-0.39, 0.29) is 11.5 Å². The lowest BCUT2D eigenvalue weighted by Crippen LogP contribution is -2.04. The van der Waals surface area contributed by atoms with E-state index in [2.05, 4.69) is 4.74 Å². The summed E-state index contributed by atoms with van der Waals surface area (Å²) in [6.07, 6.45) is 0. The molecule has 0 fully saturated rings. The molecule has 0 aliphatic carbocycles. The van der Waals surface area contributed by atoms with Gasteiger partial charge in [0, 0.05) is 21.2 Å². The van der Waals surface area contributed by atoms with Crippen molar-refractivity contribution in [1.82, 2.24) is 0 Å². The van der Waals surface area contributed by atoms with Gasteiger partial charge in [0.25, 0.3) is 0 Å². The van der Waals surface area contributed by atoms with Crippen LogP contribution >= 0.6 is 23.4 Å². The maximum atomic E-state index is 12.3. The fourth-order valence-corrected chi connectivity index (χ4v) is 2.73. The Kier molecular flexibility index (Phi) is 5.09. The third-order valence-corrected chi connectivity index (χ3v) is 3.83. The molecule has 20 heavy (non-hydrogen) atoms. The second kappa shape index (κ2) is 6.81. The van der Waals surface area contributed by atoms with Crippen LogP contribution in [0.15, 0.2) is 47.4 Å². The summed E-state index contributed by atoms with van der Waals surface area (Å²) in [6, 6.07) is 11.3. The van der Waals surface area contributed by atoms with Gasteiger partial charge in [0.1, 0.15) is 11.5 Å². The molecule has 0 atom stereocenters. The van der Waals surface area contributed by atoms with Gasteiger partial charge in [0.05, 0.1) is 0 Å². The van der Waals surface area contributed by atoms with Crippen molar-refractivity contribution < 1.29 is 18.6 Å². The summed E-state index contributed by atoms with van der Waals surface area (Å²) in [5.74, 6) is 0.600. The molecule has 0 saturated heterocycles. The van der Waals surface area contributed by atoms with E-state index >= 15 is 0 Å².